The second kappa shape index (κ2) is 8.99. The second-order valence-electron chi connectivity index (χ2n) is 8.70. The predicted octanol–water partition coefficient (Wildman–Crippen LogP) is 3.16. The van der Waals surface area contributed by atoms with Crippen LogP contribution in [0.25, 0.3) is 10.9 Å². The minimum Gasteiger partial charge on any atom is -0.396 e. The number of pyridine rings is 1. The van der Waals surface area contributed by atoms with Crippen molar-refractivity contribution >= 4 is 30.3 Å². The zero-order chi connectivity index (χ0) is 20.6. The summed E-state index contributed by atoms with van der Waals surface area (Å²) in [6.07, 6.45) is 3.58. The van der Waals surface area contributed by atoms with Gasteiger partial charge in [-0.05, 0) is 36.1 Å². The van der Waals surface area contributed by atoms with Crippen LogP contribution in [0.15, 0.2) is 66.9 Å². The normalized spacial score (nSPS) is 18.6. The zero-order valence-corrected chi connectivity index (χ0v) is 18.5. The van der Waals surface area contributed by atoms with E-state index in [1.165, 1.54) is 0 Å². The highest BCUT2D eigenvalue weighted by molar-refractivity contribution is 7.59. The van der Waals surface area contributed by atoms with E-state index in [0.717, 1.165) is 54.5 Å². The Morgan fingerprint density at radius 3 is 2.55 bits per heavy atom. The van der Waals surface area contributed by atoms with Gasteiger partial charge in [-0.25, -0.2) is 0 Å². The molecule has 2 heterocycles. The third-order valence-corrected chi connectivity index (χ3v) is 6.57. The van der Waals surface area contributed by atoms with Gasteiger partial charge < -0.3 is 15.3 Å². The van der Waals surface area contributed by atoms with Crippen LogP contribution in [0.1, 0.15) is 30.0 Å². The molecule has 1 aliphatic heterocycles. The number of hydrogen-bond acceptors (Lipinski definition) is 4. The number of carbonyl (C=O) groups is 1. The van der Waals surface area contributed by atoms with Gasteiger partial charge in [0.05, 0.1) is 17.0 Å². The fourth-order valence-corrected chi connectivity index (χ4v) is 4.52. The Morgan fingerprint density at radius 1 is 1.13 bits per heavy atom. The molecule has 2 N–H and O–H groups in total. The summed E-state index contributed by atoms with van der Waals surface area (Å²) in [6.45, 7) is 2.76. The lowest BCUT2D eigenvalue weighted by atomic mass is 9.93. The van der Waals surface area contributed by atoms with E-state index in [2.05, 4.69) is 33.4 Å². The number of aliphatic hydroxyl groups excluding tert-OH is 1. The van der Waals surface area contributed by atoms with Gasteiger partial charge in [0.1, 0.15) is 0 Å². The standard InChI is InChI=1S/C25H27N3O2.H2S/c29-17-18-14-28(15-18)16-23(19-6-2-1-3-7-19)27-24(30)25(10-11-25)21-12-20-8-4-5-9-22(20)26-13-21;/h1-9,12-13,18,23,29H,10-11,14-17H2,(H,27,30);1H2/t23-;/m1./s1. The van der Waals surface area contributed by atoms with Crippen molar-refractivity contribution in [3.05, 3.63) is 78.0 Å². The first-order valence-electron chi connectivity index (χ1n) is 10.7. The number of aromatic nitrogens is 1. The smallest absolute Gasteiger partial charge is 0.231 e. The van der Waals surface area contributed by atoms with Crippen molar-refractivity contribution in [3.8, 4) is 0 Å². The Kier molecular flexibility index (Phi) is 6.32. The molecule has 1 aliphatic carbocycles. The fraction of sp³-hybridized carbons (Fsp3) is 0.360. The number of amides is 1. The van der Waals surface area contributed by atoms with Gasteiger partial charge in [0, 0.05) is 43.7 Å². The molecule has 6 heteroatoms. The molecule has 1 saturated carbocycles. The molecule has 2 aliphatic rings. The molecular formula is C25H29N3O2S. The number of hydrogen-bond donors (Lipinski definition) is 2. The van der Waals surface area contributed by atoms with Crippen molar-refractivity contribution < 1.29 is 9.90 Å². The van der Waals surface area contributed by atoms with E-state index >= 15 is 0 Å². The number of benzene rings is 2. The van der Waals surface area contributed by atoms with Crippen LogP contribution < -0.4 is 5.32 Å². The number of fused-ring (bicyclic) bond motifs is 1. The van der Waals surface area contributed by atoms with Gasteiger partial charge in [-0.3, -0.25) is 9.78 Å². The van der Waals surface area contributed by atoms with Crippen molar-refractivity contribution in [1.82, 2.24) is 15.2 Å². The lowest BCUT2D eigenvalue weighted by molar-refractivity contribution is -0.124. The molecule has 3 aromatic rings. The summed E-state index contributed by atoms with van der Waals surface area (Å²) in [4.78, 5) is 20.3. The van der Waals surface area contributed by atoms with E-state index in [9.17, 15) is 9.90 Å². The van der Waals surface area contributed by atoms with Crippen LogP contribution in [0, 0.1) is 5.92 Å². The maximum atomic E-state index is 13.5. The lowest BCUT2D eigenvalue weighted by Gasteiger charge is -2.40. The van der Waals surface area contributed by atoms with Crippen molar-refractivity contribution in [1.29, 1.82) is 0 Å². The first-order valence-corrected chi connectivity index (χ1v) is 10.7. The third-order valence-electron chi connectivity index (χ3n) is 6.57. The van der Waals surface area contributed by atoms with Crippen LogP contribution in [0.5, 0.6) is 0 Å². The van der Waals surface area contributed by atoms with Crippen LogP contribution >= 0.6 is 13.5 Å². The number of carbonyl (C=O) groups excluding carboxylic acids is 1. The number of aliphatic hydroxyl groups is 1. The zero-order valence-electron chi connectivity index (χ0n) is 17.5. The first kappa shape index (κ1) is 21.8. The van der Waals surface area contributed by atoms with Gasteiger partial charge in [0.15, 0.2) is 0 Å². The predicted molar refractivity (Wildman–Crippen MR) is 127 cm³/mol. The molecule has 1 aromatic heterocycles. The molecule has 5 rings (SSSR count). The SMILES string of the molecule is O=C(N[C@H](CN1CC(CO)C1)c1ccccc1)C1(c2cnc3ccccc3c2)CC1.S. The van der Waals surface area contributed by atoms with E-state index < -0.39 is 5.41 Å². The molecular weight excluding hydrogens is 406 g/mol. The quantitative estimate of drug-likeness (QED) is 0.598. The molecule has 0 bridgehead atoms. The molecule has 31 heavy (non-hydrogen) atoms. The second-order valence-corrected chi connectivity index (χ2v) is 8.70. The molecule has 5 nitrogen and oxygen atoms in total. The number of para-hydroxylation sites is 1. The summed E-state index contributed by atoms with van der Waals surface area (Å²) < 4.78 is 0. The van der Waals surface area contributed by atoms with Crippen molar-refractivity contribution in [2.75, 3.05) is 26.2 Å². The first-order chi connectivity index (χ1) is 14.7. The molecule has 0 spiro atoms. The Bertz CT molecular complexity index is 1050. The topological polar surface area (TPSA) is 65.5 Å². The third kappa shape index (κ3) is 4.33. The molecule has 0 radical (unpaired) electrons. The van der Waals surface area contributed by atoms with Crippen LogP contribution in [-0.4, -0.2) is 47.1 Å². The Labute approximate surface area is 189 Å². The lowest BCUT2D eigenvalue weighted by Crippen LogP contribution is -2.52. The summed E-state index contributed by atoms with van der Waals surface area (Å²) in [7, 11) is 0. The number of likely N-dealkylation sites (tertiary alicyclic amines) is 1. The van der Waals surface area contributed by atoms with Crippen LogP contribution in [-0.2, 0) is 10.2 Å². The summed E-state index contributed by atoms with van der Waals surface area (Å²) in [5.74, 6) is 0.447. The summed E-state index contributed by atoms with van der Waals surface area (Å²) in [5, 5.41) is 13.7. The van der Waals surface area contributed by atoms with Crippen molar-refractivity contribution in [2.45, 2.75) is 24.3 Å². The molecule has 2 fully saturated rings. The average Bonchev–Trinajstić information content (AvgIpc) is 3.57. The van der Waals surface area contributed by atoms with Gasteiger partial charge in [-0.2, -0.15) is 13.5 Å². The van der Waals surface area contributed by atoms with Crippen molar-refractivity contribution in [2.24, 2.45) is 5.92 Å². The maximum Gasteiger partial charge on any atom is 0.231 e. The van der Waals surface area contributed by atoms with Gasteiger partial charge >= 0.3 is 0 Å². The molecule has 1 saturated heterocycles. The maximum absolute atomic E-state index is 13.5. The van der Waals surface area contributed by atoms with E-state index in [1.54, 1.807) is 0 Å². The monoisotopic (exact) mass is 435 g/mol. The van der Waals surface area contributed by atoms with E-state index in [0.29, 0.717) is 5.92 Å². The minimum atomic E-state index is -0.466. The van der Waals surface area contributed by atoms with E-state index in [-0.39, 0.29) is 32.1 Å². The highest BCUT2D eigenvalue weighted by Crippen LogP contribution is 2.49. The van der Waals surface area contributed by atoms with Crippen LogP contribution in [0.4, 0.5) is 0 Å². The highest BCUT2D eigenvalue weighted by atomic mass is 32.1. The van der Waals surface area contributed by atoms with Crippen LogP contribution in [0.2, 0.25) is 0 Å². The fourth-order valence-electron chi connectivity index (χ4n) is 4.52. The Balaban J connectivity index is 0.00000231. The van der Waals surface area contributed by atoms with Crippen LogP contribution in [0.3, 0.4) is 0 Å². The minimum absolute atomic E-state index is 0. The van der Waals surface area contributed by atoms with Gasteiger partial charge in [-0.15, -0.1) is 0 Å². The van der Waals surface area contributed by atoms with E-state index in [4.69, 9.17) is 0 Å². The summed E-state index contributed by atoms with van der Waals surface area (Å²) in [6, 6.07) is 20.3. The Morgan fingerprint density at radius 2 is 1.84 bits per heavy atom. The van der Waals surface area contributed by atoms with E-state index in [1.807, 2.05) is 48.7 Å². The number of nitrogens with one attached hydrogen (secondary N) is 1. The largest absolute Gasteiger partial charge is 0.396 e. The average molecular weight is 436 g/mol. The van der Waals surface area contributed by atoms with Crippen molar-refractivity contribution in [3.63, 3.8) is 0 Å². The molecule has 1 atom stereocenters. The molecule has 162 valence electrons. The van der Waals surface area contributed by atoms with Gasteiger partial charge in [0.25, 0.3) is 0 Å². The van der Waals surface area contributed by atoms with Gasteiger partial charge in [-0.1, -0.05) is 48.5 Å². The highest BCUT2D eigenvalue weighted by Gasteiger charge is 2.52. The molecule has 0 unspecified atom stereocenters. The molecule has 2 aromatic carbocycles. The number of nitrogens with zero attached hydrogens (tertiary/aromatic N) is 2. The summed E-state index contributed by atoms with van der Waals surface area (Å²) in [5.41, 5.74) is 2.61. The van der Waals surface area contributed by atoms with Gasteiger partial charge in [0.2, 0.25) is 5.91 Å². The molecule has 1 amide bonds. The Hall–Kier alpha value is -2.41. The summed E-state index contributed by atoms with van der Waals surface area (Å²) >= 11 is 0. The number of rotatable bonds is 7.